The van der Waals surface area contributed by atoms with Gasteiger partial charge in [0.05, 0.1) is 15.3 Å². The summed E-state index contributed by atoms with van der Waals surface area (Å²) in [6, 6.07) is 8.80. The van der Waals surface area contributed by atoms with Crippen molar-refractivity contribution in [2.24, 2.45) is 0 Å². The van der Waals surface area contributed by atoms with Crippen molar-refractivity contribution in [2.45, 2.75) is 18.9 Å². The third-order valence-electron chi connectivity index (χ3n) is 3.15. The van der Waals surface area contributed by atoms with Gasteiger partial charge in [-0.15, -0.1) is 11.3 Å². The van der Waals surface area contributed by atoms with E-state index in [1.165, 1.54) is 29.5 Å². The predicted molar refractivity (Wildman–Crippen MR) is 87.3 cm³/mol. The molecule has 0 aliphatic rings. The molecule has 1 amide bonds. The quantitative estimate of drug-likeness (QED) is 0.748. The van der Waals surface area contributed by atoms with Crippen LogP contribution in [-0.2, 0) is 4.79 Å². The van der Waals surface area contributed by atoms with Crippen LogP contribution in [-0.4, -0.2) is 23.3 Å². The Morgan fingerprint density at radius 1 is 1.26 bits per heavy atom. The summed E-state index contributed by atoms with van der Waals surface area (Å²) in [5, 5.41) is 12.4. The number of amides is 1. The molecule has 23 heavy (non-hydrogen) atoms. The van der Waals surface area contributed by atoms with Crippen molar-refractivity contribution in [3.8, 4) is 0 Å². The lowest BCUT2D eigenvalue weighted by molar-refractivity contribution is -0.121. The fourth-order valence-corrected chi connectivity index (χ4v) is 2.96. The molecule has 1 heterocycles. The fourth-order valence-electron chi connectivity index (χ4n) is 1.95. The smallest absolute Gasteiger partial charge is 0.220 e. The van der Waals surface area contributed by atoms with Crippen LogP contribution in [0.2, 0.25) is 4.34 Å². The molecule has 1 unspecified atom stereocenters. The number of thiophene rings is 1. The Kier molecular flexibility index (Phi) is 6.27. The van der Waals surface area contributed by atoms with Crippen LogP contribution in [0.4, 0.5) is 4.39 Å². The first-order valence-corrected chi connectivity index (χ1v) is 8.14. The maximum atomic E-state index is 13.1. The maximum Gasteiger partial charge on any atom is 0.220 e. The fraction of sp³-hybridized carbons (Fsp3) is 0.250. The monoisotopic (exact) mass is 355 g/mol. The highest BCUT2D eigenvalue weighted by atomic mass is 35.5. The molecule has 2 rings (SSSR count). The lowest BCUT2D eigenvalue weighted by atomic mass is 10.1. The Bertz CT molecular complexity index is 704. The minimum absolute atomic E-state index is 0.0181. The van der Waals surface area contributed by atoms with Crippen LogP contribution in [0.1, 0.15) is 34.2 Å². The first kappa shape index (κ1) is 17.6. The number of aliphatic hydroxyl groups excluding tert-OH is 1. The number of benzene rings is 1. The lowest BCUT2D eigenvalue weighted by Gasteiger charge is -2.12. The van der Waals surface area contributed by atoms with Gasteiger partial charge in [0.1, 0.15) is 5.82 Å². The Balaban J connectivity index is 1.75. The normalized spacial score (nSPS) is 12.0. The van der Waals surface area contributed by atoms with Crippen LogP contribution in [0.3, 0.4) is 0 Å². The molecule has 122 valence electrons. The molecule has 0 aliphatic carbocycles. The van der Waals surface area contributed by atoms with E-state index in [1.807, 2.05) is 0 Å². The number of ketones is 1. The zero-order chi connectivity index (χ0) is 16.8. The summed E-state index contributed by atoms with van der Waals surface area (Å²) in [7, 11) is 0. The third-order valence-corrected chi connectivity index (χ3v) is 4.43. The van der Waals surface area contributed by atoms with Crippen LogP contribution in [0.5, 0.6) is 0 Å². The van der Waals surface area contributed by atoms with Gasteiger partial charge >= 0.3 is 0 Å². The molecule has 0 saturated heterocycles. The van der Waals surface area contributed by atoms with E-state index in [9.17, 15) is 19.1 Å². The third kappa shape index (κ3) is 5.42. The highest BCUT2D eigenvalue weighted by Crippen LogP contribution is 2.22. The zero-order valence-electron chi connectivity index (χ0n) is 12.1. The summed E-state index contributed by atoms with van der Waals surface area (Å²) in [4.78, 5) is 24.1. The van der Waals surface area contributed by atoms with Crippen LogP contribution in [0.25, 0.3) is 0 Å². The van der Waals surface area contributed by atoms with Crippen molar-refractivity contribution in [3.63, 3.8) is 0 Å². The molecule has 1 aromatic carbocycles. The van der Waals surface area contributed by atoms with Crippen molar-refractivity contribution >= 4 is 34.6 Å². The maximum absolute atomic E-state index is 13.1. The van der Waals surface area contributed by atoms with Gasteiger partial charge in [-0.1, -0.05) is 23.7 Å². The van der Waals surface area contributed by atoms with E-state index in [2.05, 4.69) is 5.32 Å². The van der Waals surface area contributed by atoms with Crippen LogP contribution in [0, 0.1) is 5.82 Å². The number of carbonyl (C=O) groups excluding carboxylic acids is 2. The molecule has 7 heteroatoms. The largest absolute Gasteiger partial charge is 0.387 e. The van der Waals surface area contributed by atoms with Crippen molar-refractivity contribution < 1.29 is 19.1 Å². The van der Waals surface area contributed by atoms with Crippen LogP contribution < -0.4 is 5.32 Å². The molecule has 1 aromatic heterocycles. The van der Waals surface area contributed by atoms with Gasteiger partial charge < -0.3 is 10.4 Å². The minimum atomic E-state index is -0.999. The number of carbonyl (C=O) groups is 2. The Labute approximate surface area is 141 Å². The summed E-state index contributed by atoms with van der Waals surface area (Å²) >= 11 is 6.93. The Morgan fingerprint density at radius 2 is 2.04 bits per heavy atom. The molecule has 0 bridgehead atoms. The van der Waals surface area contributed by atoms with E-state index in [1.54, 1.807) is 18.2 Å². The number of halogens is 2. The molecule has 4 nitrogen and oxygen atoms in total. The highest BCUT2D eigenvalue weighted by Gasteiger charge is 2.13. The van der Waals surface area contributed by atoms with E-state index in [0.717, 1.165) is 0 Å². The predicted octanol–water partition coefficient (Wildman–Crippen LogP) is 3.35. The molecule has 0 aliphatic heterocycles. The number of Topliss-reactive ketones (excluding diaryl/α,β-unsaturated/α-hetero) is 1. The second-order valence-electron chi connectivity index (χ2n) is 4.90. The SMILES string of the molecule is O=C(CCC(=O)c1ccc(Cl)s1)NCC(O)c1cccc(F)c1. The zero-order valence-corrected chi connectivity index (χ0v) is 13.7. The van der Waals surface area contributed by atoms with Crippen molar-refractivity contribution in [3.05, 3.63) is 57.0 Å². The van der Waals surface area contributed by atoms with Gasteiger partial charge in [-0.25, -0.2) is 4.39 Å². The molecule has 0 radical (unpaired) electrons. The highest BCUT2D eigenvalue weighted by molar-refractivity contribution is 7.18. The first-order valence-electron chi connectivity index (χ1n) is 6.94. The Morgan fingerprint density at radius 3 is 2.70 bits per heavy atom. The molecule has 0 saturated carbocycles. The number of hydrogen-bond donors (Lipinski definition) is 2. The van der Waals surface area contributed by atoms with E-state index in [-0.39, 0.29) is 31.1 Å². The van der Waals surface area contributed by atoms with Gasteiger partial charge in [0.15, 0.2) is 5.78 Å². The molecule has 2 N–H and O–H groups in total. The van der Waals surface area contributed by atoms with E-state index < -0.39 is 11.9 Å². The van der Waals surface area contributed by atoms with Gasteiger partial charge in [-0.3, -0.25) is 9.59 Å². The second-order valence-corrected chi connectivity index (χ2v) is 6.62. The first-order chi connectivity index (χ1) is 11.0. The Hall–Kier alpha value is -1.76. The standard InChI is InChI=1S/C16H15ClFNO3S/c17-15-6-5-14(23-15)12(20)4-7-16(22)19-9-13(21)10-2-1-3-11(18)8-10/h1-3,5-6,8,13,21H,4,7,9H2,(H,19,22). The molecule has 0 fully saturated rings. The number of nitrogens with one attached hydrogen (secondary N) is 1. The summed E-state index contributed by atoms with van der Waals surface area (Å²) in [5.41, 5.74) is 0.384. The van der Waals surface area contributed by atoms with Gasteiger partial charge in [0.25, 0.3) is 0 Å². The van der Waals surface area contributed by atoms with Gasteiger partial charge in [-0.2, -0.15) is 0 Å². The van der Waals surface area contributed by atoms with Gasteiger partial charge in [0, 0.05) is 19.4 Å². The van der Waals surface area contributed by atoms with Crippen molar-refractivity contribution in [1.29, 1.82) is 0 Å². The molecular weight excluding hydrogens is 341 g/mol. The van der Waals surface area contributed by atoms with E-state index in [4.69, 9.17) is 11.6 Å². The summed E-state index contributed by atoms with van der Waals surface area (Å²) in [6.07, 6.45) is -0.912. The molecular formula is C16H15ClFNO3S. The van der Waals surface area contributed by atoms with Crippen molar-refractivity contribution in [1.82, 2.24) is 5.32 Å². The van der Waals surface area contributed by atoms with E-state index >= 15 is 0 Å². The molecule has 2 aromatic rings. The summed E-state index contributed by atoms with van der Waals surface area (Å²) in [5.74, 6) is -0.952. The lowest BCUT2D eigenvalue weighted by Crippen LogP contribution is -2.28. The average Bonchev–Trinajstić information content (AvgIpc) is 2.96. The van der Waals surface area contributed by atoms with Crippen molar-refractivity contribution in [2.75, 3.05) is 6.54 Å². The second kappa shape index (κ2) is 8.19. The summed E-state index contributed by atoms with van der Waals surface area (Å²) < 4.78 is 13.6. The van der Waals surface area contributed by atoms with Gasteiger partial charge in [-0.05, 0) is 29.8 Å². The number of aliphatic hydroxyl groups is 1. The van der Waals surface area contributed by atoms with E-state index in [0.29, 0.717) is 14.8 Å². The number of rotatable bonds is 7. The number of hydrogen-bond acceptors (Lipinski definition) is 4. The average molecular weight is 356 g/mol. The summed E-state index contributed by atoms with van der Waals surface area (Å²) in [6.45, 7) is -0.0404. The minimum Gasteiger partial charge on any atom is -0.387 e. The topological polar surface area (TPSA) is 66.4 Å². The van der Waals surface area contributed by atoms with Gasteiger partial charge in [0.2, 0.25) is 5.91 Å². The van der Waals surface area contributed by atoms with Crippen LogP contribution >= 0.6 is 22.9 Å². The molecule has 0 spiro atoms. The van der Waals surface area contributed by atoms with Crippen LogP contribution in [0.15, 0.2) is 36.4 Å². The molecule has 1 atom stereocenters.